The summed E-state index contributed by atoms with van der Waals surface area (Å²) >= 11 is 0. The quantitative estimate of drug-likeness (QED) is 0.139. The number of rotatable bonds is 12. The molecule has 0 saturated carbocycles. The topological polar surface area (TPSA) is 130 Å². The van der Waals surface area contributed by atoms with Crippen molar-refractivity contribution >= 4 is 25.8 Å². The normalized spacial score (nSPS) is 13.8. The maximum atomic E-state index is 13.2. The molecule has 0 spiro atoms. The van der Waals surface area contributed by atoms with Crippen molar-refractivity contribution in [2.45, 2.75) is 72.0 Å². The highest BCUT2D eigenvalue weighted by Gasteiger charge is 2.33. The van der Waals surface area contributed by atoms with Crippen LogP contribution < -0.4 is 5.32 Å². The minimum absolute atomic E-state index is 0.0412. The zero-order valence-electron chi connectivity index (χ0n) is 24.7. The Labute approximate surface area is 242 Å². The highest BCUT2D eigenvalue weighted by Crippen LogP contribution is 2.47. The van der Waals surface area contributed by atoms with Gasteiger partial charge in [-0.3, -0.25) is 14.0 Å². The molecule has 0 aliphatic carbocycles. The SMILES string of the molecule is CC(C)(C)OC(=O)N(COP(C)(=O)OC(C)(C)C)C[C@H](NC(=O)OCc1ccccc1)C(=O)OCc1ccccc1. The molecule has 0 fully saturated rings. The van der Waals surface area contributed by atoms with Crippen molar-refractivity contribution in [3.8, 4) is 0 Å². The van der Waals surface area contributed by atoms with Crippen molar-refractivity contribution in [1.82, 2.24) is 10.2 Å². The summed E-state index contributed by atoms with van der Waals surface area (Å²) in [5.74, 6) is -0.829. The van der Waals surface area contributed by atoms with E-state index in [0.717, 1.165) is 16.0 Å². The maximum absolute atomic E-state index is 13.2. The smallest absolute Gasteiger partial charge is 0.412 e. The molecule has 0 saturated heterocycles. The van der Waals surface area contributed by atoms with Gasteiger partial charge in [0.25, 0.3) is 0 Å². The number of nitrogens with one attached hydrogen (secondary N) is 1. The van der Waals surface area contributed by atoms with Gasteiger partial charge in [-0.15, -0.1) is 0 Å². The maximum Gasteiger partial charge on any atom is 0.412 e. The molecule has 0 radical (unpaired) electrons. The third-order valence-corrected chi connectivity index (χ3v) is 6.42. The van der Waals surface area contributed by atoms with Gasteiger partial charge in [0, 0.05) is 6.66 Å². The Morgan fingerprint density at radius 1 is 0.829 bits per heavy atom. The summed E-state index contributed by atoms with van der Waals surface area (Å²) < 4.78 is 40.1. The van der Waals surface area contributed by atoms with Crippen LogP contribution in [-0.2, 0) is 45.8 Å². The molecule has 1 unspecified atom stereocenters. The van der Waals surface area contributed by atoms with Gasteiger partial charge in [-0.2, -0.15) is 0 Å². The van der Waals surface area contributed by atoms with E-state index in [1.54, 1.807) is 90.1 Å². The van der Waals surface area contributed by atoms with Crippen LogP contribution in [0.5, 0.6) is 0 Å². The summed E-state index contributed by atoms with van der Waals surface area (Å²) in [6.07, 6.45) is -1.77. The number of nitrogens with zero attached hydrogens (tertiary/aromatic N) is 1. The average molecular weight is 593 g/mol. The molecule has 0 aliphatic rings. The summed E-state index contributed by atoms with van der Waals surface area (Å²) in [6.45, 7) is 10.3. The number of amides is 2. The fourth-order valence-corrected chi connectivity index (χ4v) is 4.74. The van der Waals surface area contributed by atoms with Crippen molar-refractivity contribution < 1.29 is 42.2 Å². The third kappa shape index (κ3) is 14.2. The third-order valence-electron chi connectivity index (χ3n) is 4.96. The van der Waals surface area contributed by atoms with Crippen molar-refractivity contribution in [1.29, 1.82) is 0 Å². The average Bonchev–Trinajstić information content (AvgIpc) is 2.86. The lowest BCUT2D eigenvalue weighted by molar-refractivity contribution is -0.148. The predicted molar refractivity (Wildman–Crippen MR) is 153 cm³/mol. The lowest BCUT2D eigenvalue weighted by atomic mass is 10.2. The first-order valence-corrected chi connectivity index (χ1v) is 15.1. The zero-order valence-corrected chi connectivity index (χ0v) is 25.6. The molecule has 11 nitrogen and oxygen atoms in total. The van der Waals surface area contributed by atoms with Crippen LogP contribution in [0.1, 0.15) is 52.7 Å². The molecule has 2 atom stereocenters. The minimum Gasteiger partial charge on any atom is -0.459 e. The van der Waals surface area contributed by atoms with Crippen LogP contribution in [0.3, 0.4) is 0 Å². The van der Waals surface area contributed by atoms with Crippen molar-refractivity contribution in [3.63, 3.8) is 0 Å². The van der Waals surface area contributed by atoms with Crippen molar-refractivity contribution in [2.24, 2.45) is 0 Å². The van der Waals surface area contributed by atoms with Gasteiger partial charge < -0.3 is 24.1 Å². The fraction of sp³-hybridized carbons (Fsp3) is 0.483. The van der Waals surface area contributed by atoms with Gasteiger partial charge in [0.05, 0.1) is 12.1 Å². The molecule has 1 N–H and O–H groups in total. The molecule has 0 heterocycles. The largest absolute Gasteiger partial charge is 0.459 e. The lowest BCUT2D eigenvalue weighted by Crippen LogP contribution is -2.52. The van der Waals surface area contributed by atoms with E-state index in [0.29, 0.717) is 0 Å². The first-order valence-electron chi connectivity index (χ1n) is 13.1. The number of ether oxygens (including phenoxy) is 3. The van der Waals surface area contributed by atoms with E-state index in [1.165, 1.54) is 6.66 Å². The summed E-state index contributed by atoms with van der Waals surface area (Å²) in [7, 11) is -3.63. The minimum atomic E-state index is -3.63. The van der Waals surface area contributed by atoms with Crippen LogP contribution in [-0.4, -0.2) is 60.2 Å². The van der Waals surface area contributed by atoms with Gasteiger partial charge in [-0.05, 0) is 52.7 Å². The van der Waals surface area contributed by atoms with Gasteiger partial charge in [0.1, 0.15) is 31.6 Å². The Morgan fingerprint density at radius 2 is 1.34 bits per heavy atom. The van der Waals surface area contributed by atoms with Crippen LogP contribution in [0.4, 0.5) is 9.59 Å². The van der Waals surface area contributed by atoms with Crippen molar-refractivity contribution in [2.75, 3.05) is 19.9 Å². The van der Waals surface area contributed by atoms with E-state index < -0.39 is 56.3 Å². The lowest BCUT2D eigenvalue weighted by Gasteiger charge is -2.31. The number of carbonyl (C=O) groups excluding carboxylic acids is 3. The molecule has 2 rings (SSSR count). The first kappa shape index (κ1) is 33.8. The summed E-state index contributed by atoms with van der Waals surface area (Å²) in [4.78, 5) is 39.9. The number of hydrogen-bond acceptors (Lipinski definition) is 9. The van der Waals surface area contributed by atoms with Crippen LogP contribution in [0, 0.1) is 0 Å². The summed E-state index contributed by atoms with van der Waals surface area (Å²) in [5.41, 5.74) is -0.204. The Bertz CT molecular complexity index is 1180. The van der Waals surface area contributed by atoms with E-state index in [-0.39, 0.29) is 13.2 Å². The van der Waals surface area contributed by atoms with E-state index >= 15 is 0 Å². The number of hydrogen-bond donors (Lipinski definition) is 1. The van der Waals surface area contributed by atoms with Crippen molar-refractivity contribution in [3.05, 3.63) is 71.8 Å². The molecule has 41 heavy (non-hydrogen) atoms. The van der Waals surface area contributed by atoms with Gasteiger partial charge in [0.15, 0.2) is 0 Å². The van der Waals surface area contributed by atoms with Crippen LogP contribution in [0.15, 0.2) is 60.7 Å². The molecule has 2 amide bonds. The molecule has 2 aromatic rings. The number of carbonyl (C=O) groups is 3. The Morgan fingerprint density at radius 3 is 1.83 bits per heavy atom. The zero-order chi connectivity index (χ0) is 30.7. The highest BCUT2D eigenvalue weighted by molar-refractivity contribution is 7.53. The Balaban J connectivity index is 2.23. The second kappa shape index (κ2) is 15.0. The van der Waals surface area contributed by atoms with E-state index in [1.807, 2.05) is 12.1 Å². The number of esters is 1. The monoisotopic (exact) mass is 592 g/mol. The first-order chi connectivity index (χ1) is 19.0. The second-order valence-corrected chi connectivity index (χ2v) is 13.3. The fourth-order valence-electron chi connectivity index (χ4n) is 3.34. The molecule has 0 bridgehead atoms. The molecule has 0 aliphatic heterocycles. The standard InChI is InChI=1S/C29H41N2O9P/c1-28(2,3)39-27(34)31(21-38-41(7,35)40-29(4,5)6)18-24(25(32)36-19-22-14-10-8-11-15-22)30-26(33)37-20-23-16-12-9-13-17-23/h8-17,24H,18-21H2,1-7H3,(H,30,33)/t24-,41?/m0/s1. The van der Waals surface area contributed by atoms with E-state index in [4.69, 9.17) is 23.3 Å². The molecule has 226 valence electrons. The van der Waals surface area contributed by atoms with Crippen LogP contribution >= 0.6 is 7.60 Å². The van der Waals surface area contributed by atoms with E-state index in [9.17, 15) is 18.9 Å². The molecular weight excluding hydrogens is 551 g/mol. The van der Waals surface area contributed by atoms with Gasteiger partial charge >= 0.3 is 25.8 Å². The van der Waals surface area contributed by atoms with Gasteiger partial charge in [-0.1, -0.05) is 60.7 Å². The summed E-state index contributed by atoms with van der Waals surface area (Å²) in [6, 6.07) is 16.6. The van der Waals surface area contributed by atoms with Crippen LogP contribution in [0.2, 0.25) is 0 Å². The molecule has 0 aromatic heterocycles. The number of alkyl carbamates (subject to hydrolysis) is 1. The molecule has 2 aromatic carbocycles. The van der Waals surface area contributed by atoms with Crippen LogP contribution in [0.25, 0.3) is 0 Å². The Kier molecular flexibility index (Phi) is 12.4. The molecule has 12 heteroatoms. The van der Waals surface area contributed by atoms with Gasteiger partial charge in [0.2, 0.25) is 0 Å². The summed E-state index contributed by atoms with van der Waals surface area (Å²) in [5, 5.41) is 2.47. The Hall–Kier alpha value is -3.40. The second-order valence-electron chi connectivity index (χ2n) is 11.3. The van der Waals surface area contributed by atoms with E-state index in [2.05, 4.69) is 5.32 Å². The number of benzene rings is 2. The molecular formula is C29H41N2O9P. The predicted octanol–water partition coefficient (Wildman–Crippen LogP) is 5.87. The van der Waals surface area contributed by atoms with Gasteiger partial charge in [-0.25, -0.2) is 14.4 Å². The highest BCUT2D eigenvalue weighted by atomic mass is 31.2.